The van der Waals surface area contributed by atoms with Crippen LogP contribution in [-0.2, 0) is 4.79 Å². The highest BCUT2D eigenvalue weighted by Crippen LogP contribution is 2.25. The Balaban J connectivity index is 2.18. The van der Waals surface area contributed by atoms with Crippen LogP contribution in [0.1, 0.15) is 17.3 Å². The Hall–Kier alpha value is -2.11. The van der Waals surface area contributed by atoms with Gasteiger partial charge >= 0.3 is 0 Å². The lowest BCUT2D eigenvalue weighted by Gasteiger charge is -2.15. The molecule has 0 saturated heterocycles. The van der Waals surface area contributed by atoms with Gasteiger partial charge in [0.25, 0.3) is 5.91 Å². The van der Waals surface area contributed by atoms with Gasteiger partial charge in [-0.25, -0.2) is 4.39 Å². The molecule has 2 aromatic carbocycles. The summed E-state index contributed by atoms with van der Waals surface area (Å²) >= 11 is 11.5. The number of benzene rings is 2. The van der Waals surface area contributed by atoms with Gasteiger partial charge in [-0.2, -0.15) is 0 Å². The lowest BCUT2D eigenvalue weighted by Crippen LogP contribution is -2.22. The van der Waals surface area contributed by atoms with Gasteiger partial charge in [0, 0.05) is 25.3 Å². The summed E-state index contributed by atoms with van der Waals surface area (Å²) in [6.45, 7) is 1.45. The number of hydrogen-bond donors (Lipinski definition) is 1. The van der Waals surface area contributed by atoms with E-state index in [9.17, 15) is 14.0 Å². The average Bonchev–Trinajstić information content (AvgIpc) is 2.50. The van der Waals surface area contributed by atoms with E-state index in [1.807, 2.05) is 0 Å². The third kappa shape index (κ3) is 4.00. The van der Waals surface area contributed by atoms with Crippen LogP contribution in [0.2, 0.25) is 10.0 Å². The monoisotopic (exact) mass is 354 g/mol. The molecule has 2 aromatic rings. The van der Waals surface area contributed by atoms with E-state index >= 15 is 0 Å². The number of carbonyl (C=O) groups is 2. The summed E-state index contributed by atoms with van der Waals surface area (Å²) in [6.07, 6.45) is 0. The van der Waals surface area contributed by atoms with Crippen LogP contribution in [0.25, 0.3) is 0 Å². The van der Waals surface area contributed by atoms with Gasteiger partial charge in [-0.3, -0.25) is 9.59 Å². The van der Waals surface area contributed by atoms with Crippen LogP contribution in [0.5, 0.6) is 0 Å². The van der Waals surface area contributed by atoms with Crippen molar-refractivity contribution in [1.82, 2.24) is 0 Å². The summed E-state index contributed by atoms with van der Waals surface area (Å²) < 4.78 is 13.5. The molecule has 0 aliphatic heterocycles. The zero-order chi connectivity index (χ0) is 17.1. The Labute approximate surface area is 142 Å². The van der Waals surface area contributed by atoms with Crippen molar-refractivity contribution in [3.8, 4) is 0 Å². The van der Waals surface area contributed by atoms with E-state index in [0.717, 1.165) is 6.07 Å². The van der Waals surface area contributed by atoms with Crippen molar-refractivity contribution in [2.24, 2.45) is 0 Å². The van der Waals surface area contributed by atoms with E-state index in [4.69, 9.17) is 23.2 Å². The average molecular weight is 355 g/mol. The first-order valence-electron chi connectivity index (χ1n) is 6.60. The molecule has 0 aliphatic rings. The molecule has 0 heterocycles. The van der Waals surface area contributed by atoms with Gasteiger partial charge in [0.1, 0.15) is 5.82 Å². The van der Waals surface area contributed by atoms with Crippen LogP contribution >= 0.6 is 23.2 Å². The molecule has 4 nitrogen and oxygen atoms in total. The van der Waals surface area contributed by atoms with Crippen LogP contribution in [0, 0.1) is 5.82 Å². The molecule has 2 amide bonds. The number of rotatable bonds is 3. The minimum Gasteiger partial charge on any atom is -0.322 e. The first-order chi connectivity index (χ1) is 10.8. The summed E-state index contributed by atoms with van der Waals surface area (Å²) in [7, 11) is 1.65. The van der Waals surface area contributed by atoms with Crippen LogP contribution < -0.4 is 10.2 Å². The van der Waals surface area contributed by atoms with E-state index in [0.29, 0.717) is 11.4 Å². The van der Waals surface area contributed by atoms with Crippen LogP contribution in [-0.4, -0.2) is 18.9 Å². The second-order valence-electron chi connectivity index (χ2n) is 4.83. The fourth-order valence-electron chi connectivity index (χ4n) is 1.85. The highest BCUT2D eigenvalue weighted by atomic mass is 35.5. The number of halogens is 3. The van der Waals surface area contributed by atoms with Crippen molar-refractivity contribution in [3.05, 3.63) is 57.8 Å². The largest absolute Gasteiger partial charge is 0.322 e. The van der Waals surface area contributed by atoms with Crippen molar-refractivity contribution in [2.75, 3.05) is 17.3 Å². The van der Waals surface area contributed by atoms with Crippen LogP contribution in [0.3, 0.4) is 0 Å². The lowest BCUT2D eigenvalue weighted by atomic mass is 10.2. The van der Waals surface area contributed by atoms with E-state index in [-0.39, 0.29) is 21.5 Å². The fraction of sp³-hybridized carbons (Fsp3) is 0.125. The Morgan fingerprint density at radius 1 is 1.09 bits per heavy atom. The van der Waals surface area contributed by atoms with Gasteiger partial charge < -0.3 is 10.2 Å². The summed E-state index contributed by atoms with van der Waals surface area (Å²) in [6, 6.07) is 8.79. The van der Waals surface area contributed by atoms with Crippen molar-refractivity contribution in [1.29, 1.82) is 0 Å². The molecule has 0 saturated carbocycles. The number of nitrogens with one attached hydrogen (secondary N) is 1. The summed E-state index contributed by atoms with van der Waals surface area (Å²) in [5.41, 5.74) is 1.16. The molecule has 0 atom stereocenters. The number of hydrogen-bond acceptors (Lipinski definition) is 2. The molecule has 0 aromatic heterocycles. The molecule has 0 bridgehead atoms. The summed E-state index contributed by atoms with van der Waals surface area (Å²) in [4.78, 5) is 24.9. The molecular formula is C16H13Cl2FN2O2. The highest BCUT2D eigenvalue weighted by molar-refractivity contribution is 6.37. The molecule has 0 aliphatic carbocycles. The molecule has 0 unspecified atom stereocenters. The topological polar surface area (TPSA) is 49.4 Å². The van der Waals surface area contributed by atoms with Gasteiger partial charge in [-0.15, -0.1) is 0 Å². The van der Waals surface area contributed by atoms with Gasteiger partial charge in [-0.1, -0.05) is 23.2 Å². The first kappa shape index (κ1) is 17.2. The fourth-order valence-corrected chi connectivity index (χ4v) is 2.31. The van der Waals surface area contributed by atoms with Gasteiger partial charge in [0.2, 0.25) is 5.91 Å². The molecule has 120 valence electrons. The number of nitrogens with zero attached hydrogens (tertiary/aromatic N) is 1. The van der Waals surface area contributed by atoms with Crippen molar-refractivity contribution < 1.29 is 14.0 Å². The van der Waals surface area contributed by atoms with Crippen molar-refractivity contribution in [2.45, 2.75) is 6.92 Å². The van der Waals surface area contributed by atoms with E-state index in [1.165, 1.54) is 17.9 Å². The van der Waals surface area contributed by atoms with E-state index in [1.54, 1.807) is 31.3 Å². The maximum atomic E-state index is 13.5. The normalized spacial score (nSPS) is 10.3. The standard InChI is InChI=1S/C16H13Cl2FN2O2/c1-9(22)21(2)11-5-3-10(4-6-11)20-16(23)12-7-15(19)14(18)8-13(12)17/h3-8H,1-2H3,(H,20,23). The smallest absolute Gasteiger partial charge is 0.257 e. The van der Waals surface area contributed by atoms with E-state index in [2.05, 4.69) is 5.32 Å². The van der Waals surface area contributed by atoms with Crippen LogP contribution in [0.15, 0.2) is 36.4 Å². The molecule has 1 N–H and O–H groups in total. The number of anilines is 2. The van der Waals surface area contributed by atoms with Gasteiger partial charge in [0.05, 0.1) is 15.6 Å². The third-order valence-electron chi connectivity index (χ3n) is 3.24. The Bertz CT molecular complexity index is 763. The predicted molar refractivity (Wildman–Crippen MR) is 89.9 cm³/mol. The zero-order valence-corrected chi connectivity index (χ0v) is 13.9. The van der Waals surface area contributed by atoms with Gasteiger partial charge in [0.15, 0.2) is 0 Å². The SMILES string of the molecule is CC(=O)N(C)c1ccc(NC(=O)c2cc(F)c(Cl)cc2Cl)cc1. The zero-order valence-electron chi connectivity index (χ0n) is 12.4. The predicted octanol–water partition coefficient (Wildman–Crippen LogP) is 4.37. The molecule has 7 heteroatoms. The Morgan fingerprint density at radius 2 is 1.70 bits per heavy atom. The Morgan fingerprint density at radius 3 is 2.26 bits per heavy atom. The second kappa shape index (κ2) is 6.98. The first-order valence-corrected chi connectivity index (χ1v) is 7.35. The highest BCUT2D eigenvalue weighted by Gasteiger charge is 2.14. The maximum absolute atomic E-state index is 13.5. The minimum atomic E-state index is -0.723. The lowest BCUT2D eigenvalue weighted by molar-refractivity contribution is -0.116. The molecule has 2 rings (SSSR count). The van der Waals surface area contributed by atoms with Gasteiger partial charge in [-0.05, 0) is 36.4 Å². The summed E-state index contributed by atoms with van der Waals surface area (Å²) in [5, 5.41) is 2.51. The molecule has 0 spiro atoms. The van der Waals surface area contributed by atoms with Crippen LogP contribution in [0.4, 0.5) is 15.8 Å². The molecule has 23 heavy (non-hydrogen) atoms. The minimum absolute atomic E-state index is 0.0153. The molecule has 0 fully saturated rings. The van der Waals surface area contributed by atoms with Crippen molar-refractivity contribution >= 4 is 46.4 Å². The van der Waals surface area contributed by atoms with Crippen molar-refractivity contribution in [3.63, 3.8) is 0 Å². The molecule has 0 radical (unpaired) electrons. The number of amides is 2. The maximum Gasteiger partial charge on any atom is 0.257 e. The van der Waals surface area contributed by atoms with E-state index < -0.39 is 11.7 Å². The molecular weight excluding hydrogens is 342 g/mol. The third-order valence-corrected chi connectivity index (χ3v) is 3.84. The quantitative estimate of drug-likeness (QED) is 0.832. The second-order valence-corrected chi connectivity index (χ2v) is 5.64. The number of carbonyl (C=O) groups excluding carboxylic acids is 2. The summed E-state index contributed by atoms with van der Waals surface area (Å²) in [5.74, 6) is -1.39. The Kier molecular flexibility index (Phi) is 5.23.